The fraction of sp³-hybridized carbons (Fsp3) is 0.500. The normalized spacial score (nSPS) is 16.6. The van der Waals surface area contributed by atoms with Gasteiger partial charge in [-0.15, -0.1) is 0 Å². The molecule has 0 saturated heterocycles. The minimum atomic E-state index is 0.287. The van der Waals surface area contributed by atoms with Crippen LogP contribution in [0.4, 0.5) is 0 Å². The van der Waals surface area contributed by atoms with E-state index in [9.17, 15) is 0 Å². The topological polar surface area (TPSA) is 24.1 Å². The van der Waals surface area contributed by atoms with Crippen LogP contribution in [-0.4, -0.2) is 11.2 Å². The van der Waals surface area contributed by atoms with Gasteiger partial charge in [-0.3, -0.25) is 0 Å². The summed E-state index contributed by atoms with van der Waals surface area (Å²) in [5.41, 5.74) is 1.29. The van der Waals surface area contributed by atoms with Gasteiger partial charge < -0.3 is 10.6 Å². The van der Waals surface area contributed by atoms with E-state index in [1.165, 1.54) is 18.4 Å². The molecule has 2 N–H and O–H groups in total. The SMILES string of the molecule is CC(C)[C@H](NC(=S)NC1CC1)c1ccccc1. The lowest BCUT2D eigenvalue weighted by Crippen LogP contribution is -2.40. The molecular formula is C14H20N2S. The molecule has 3 heteroatoms. The number of nitrogens with one attached hydrogen (secondary N) is 2. The summed E-state index contributed by atoms with van der Waals surface area (Å²) in [6, 6.07) is 11.4. The van der Waals surface area contributed by atoms with E-state index in [1.54, 1.807) is 0 Å². The lowest BCUT2D eigenvalue weighted by Gasteiger charge is -2.24. The molecule has 0 bridgehead atoms. The Bertz CT molecular complexity index is 371. The molecule has 1 aliphatic rings. The summed E-state index contributed by atoms with van der Waals surface area (Å²) in [5, 5.41) is 7.54. The van der Waals surface area contributed by atoms with Crippen LogP contribution >= 0.6 is 12.2 Å². The minimum Gasteiger partial charge on any atom is -0.360 e. The third-order valence-corrected chi connectivity index (χ3v) is 3.26. The summed E-state index contributed by atoms with van der Waals surface area (Å²) >= 11 is 5.34. The summed E-state index contributed by atoms with van der Waals surface area (Å²) in [4.78, 5) is 0. The molecule has 1 saturated carbocycles. The van der Waals surface area contributed by atoms with Crippen molar-refractivity contribution in [2.75, 3.05) is 0 Å². The van der Waals surface area contributed by atoms with Gasteiger partial charge in [0.05, 0.1) is 6.04 Å². The van der Waals surface area contributed by atoms with Gasteiger partial charge in [0.15, 0.2) is 5.11 Å². The van der Waals surface area contributed by atoms with Crippen LogP contribution < -0.4 is 10.6 Å². The van der Waals surface area contributed by atoms with E-state index in [0.29, 0.717) is 12.0 Å². The van der Waals surface area contributed by atoms with Crippen LogP contribution in [0.5, 0.6) is 0 Å². The monoisotopic (exact) mass is 248 g/mol. The predicted octanol–water partition coefficient (Wildman–Crippen LogP) is 3.01. The maximum atomic E-state index is 5.34. The molecule has 1 aliphatic carbocycles. The number of hydrogen-bond donors (Lipinski definition) is 2. The molecule has 2 nitrogen and oxygen atoms in total. The average molecular weight is 248 g/mol. The van der Waals surface area contributed by atoms with Gasteiger partial charge in [0.2, 0.25) is 0 Å². The highest BCUT2D eigenvalue weighted by atomic mass is 32.1. The third-order valence-electron chi connectivity index (χ3n) is 3.02. The van der Waals surface area contributed by atoms with Gasteiger partial charge in [-0.05, 0) is 36.5 Å². The van der Waals surface area contributed by atoms with Crippen LogP contribution in [0, 0.1) is 5.92 Å². The molecule has 1 aromatic rings. The zero-order chi connectivity index (χ0) is 12.3. The maximum Gasteiger partial charge on any atom is 0.167 e. The van der Waals surface area contributed by atoms with E-state index in [-0.39, 0.29) is 6.04 Å². The Morgan fingerprint density at radius 3 is 2.41 bits per heavy atom. The van der Waals surface area contributed by atoms with Crippen molar-refractivity contribution >= 4 is 17.3 Å². The van der Waals surface area contributed by atoms with Crippen molar-refractivity contribution in [3.63, 3.8) is 0 Å². The largest absolute Gasteiger partial charge is 0.360 e. The molecule has 0 aromatic heterocycles. The number of benzene rings is 1. The highest BCUT2D eigenvalue weighted by Crippen LogP contribution is 2.22. The quantitative estimate of drug-likeness (QED) is 0.801. The Labute approximate surface area is 109 Å². The van der Waals surface area contributed by atoms with Crippen LogP contribution in [0.1, 0.15) is 38.3 Å². The molecule has 0 unspecified atom stereocenters. The van der Waals surface area contributed by atoms with Crippen molar-refractivity contribution < 1.29 is 0 Å². The fourth-order valence-electron chi connectivity index (χ4n) is 1.89. The number of thiocarbonyl (C=S) groups is 1. The van der Waals surface area contributed by atoms with Crippen LogP contribution in [0.15, 0.2) is 30.3 Å². The second-order valence-electron chi connectivity index (χ2n) is 5.02. The van der Waals surface area contributed by atoms with Crippen molar-refractivity contribution in [3.05, 3.63) is 35.9 Å². The van der Waals surface area contributed by atoms with Gasteiger partial charge >= 0.3 is 0 Å². The number of hydrogen-bond acceptors (Lipinski definition) is 1. The molecule has 1 aromatic carbocycles. The van der Waals surface area contributed by atoms with Crippen molar-refractivity contribution in [2.45, 2.75) is 38.8 Å². The zero-order valence-corrected chi connectivity index (χ0v) is 11.3. The second-order valence-corrected chi connectivity index (χ2v) is 5.43. The Balaban J connectivity index is 1.99. The highest BCUT2D eigenvalue weighted by Gasteiger charge is 2.23. The lowest BCUT2D eigenvalue weighted by molar-refractivity contribution is 0.468. The van der Waals surface area contributed by atoms with E-state index >= 15 is 0 Å². The number of rotatable bonds is 4. The molecule has 0 amide bonds. The third kappa shape index (κ3) is 3.70. The maximum absolute atomic E-state index is 5.34. The van der Waals surface area contributed by atoms with E-state index < -0.39 is 0 Å². The van der Waals surface area contributed by atoms with Crippen LogP contribution in [0.3, 0.4) is 0 Å². The van der Waals surface area contributed by atoms with Gasteiger partial charge in [0, 0.05) is 6.04 Å². The summed E-state index contributed by atoms with van der Waals surface area (Å²) < 4.78 is 0. The van der Waals surface area contributed by atoms with Crippen LogP contribution in [-0.2, 0) is 0 Å². The highest BCUT2D eigenvalue weighted by molar-refractivity contribution is 7.80. The molecule has 0 radical (unpaired) electrons. The first-order valence-corrected chi connectivity index (χ1v) is 6.69. The fourth-order valence-corrected chi connectivity index (χ4v) is 2.18. The van der Waals surface area contributed by atoms with Crippen LogP contribution in [0.2, 0.25) is 0 Å². The molecule has 92 valence electrons. The van der Waals surface area contributed by atoms with Crippen molar-refractivity contribution in [1.82, 2.24) is 10.6 Å². The van der Waals surface area contributed by atoms with Crippen molar-refractivity contribution in [2.24, 2.45) is 5.92 Å². The smallest absolute Gasteiger partial charge is 0.167 e. The summed E-state index contributed by atoms with van der Waals surface area (Å²) in [6.07, 6.45) is 2.50. The first kappa shape index (κ1) is 12.4. The Kier molecular flexibility index (Phi) is 4.00. The lowest BCUT2D eigenvalue weighted by atomic mass is 9.96. The van der Waals surface area contributed by atoms with E-state index in [4.69, 9.17) is 12.2 Å². The predicted molar refractivity (Wildman–Crippen MR) is 75.9 cm³/mol. The van der Waals surface area contributed by atoms with E-state index in [0.717, 1.165) is 5.11 Å². The van der Waals surface area contributed by atoms with Gasteiger partial charge in [0.25, 0.3) is 0 Å². The molecule has 2 rings (SSSR count). The molecule has 17 heavy (non-hydrogen) atoms. The first-order chi connectivity index (χ1) is 8.16. The second kappa shape index (κ2) is 5.50. The Hall–Kier alpha value is -1.09. The van der Waals surface area contributed by atoms with E-state index in [2.05, 4.69) is 48.7 Å². The molecular weight excluding hydrogens is 228 g/mol. The van der Waals surface area contributed by atoms with Crippen molar-refractivity contribution in [1.29, 1.82) is 0 Å². The Morgan fingerprint density at radius 2 is 1.88 bits per heavy atom. The zero-order valence-electron chi connectivity index (χ0n) is 10.4. The van der Waals surface area contributed by atoms with Gasteiger partial charge in [0.1, 0.15) is 0 Å². The minimum absolute atomic E-state index is 0.287. The first-order valence-electron chi connectivity index (χ1n) is 6.29. The summed E-state index contributed by atoms with van der Waals surface area (Å²) in [7, 11) is 0. The van der Waals surface area contributed by atoms with E-state index in [1.807, 2.05) is 6.07 Å². The summed E-state index contributed by atoms with van der Waals surface area (Å²) in [5.74, 6) is 0.511. The van der Waals surface area contributed by atoms with Gasteiger partial charge in [-0.25, -0.2) is 0 Å². The van der Waals surface area contributed by atoms with Gasteiger partial charge in [-0.2, -0.15) is 0 Å². The van der Waals surface area contributed by atoms with Crippen molar-refractivity contribution in [3.8, 4) is 0 Å². The molecule has 1 fully saturated rings. The summed E-state index contributed by atoms with van der Waals surface area (Å²) in [6.45, 7) is 4.43. The molecule has 0 aliphatic heterocycles. The van der Waals surface area contributed by atoms with Gasteiger partial charge in [-0.1, -0.05) is 44.2 Å². The standard InChI is InChI=1S/C14H20N2S/c1-10(2)13(11-6-4-3-5-7-11)16-14(17)15-12-8-9-12/h3-7,10,12-13H,8-9H2,1-2H3,(H2,15,16,17)/t13-/m0/s1. The average Bonchev–Trinajstić information content (AvgIpc) is 3.10. The molecule has 1 atom stereocenters. The Morgan fingerprint density at radius 1 is 1.24 bits per heavy atom. The van der Waals surface area contributed by atoms with Crippen LogP contribution in [0.25, 0.3) is 0 Å². The molecule has 0 spiro atoms. The molecule has 0 heterocycles.